The number of nitriles is 2. The van der Waals surface area contributed by atoms with Crippen molar-refractivity contribution in [3.63, 3.8) is 0 Å². The number of nitrogens with zero attached hydrogens (tertiary/aromatic N) is 2. The SMILES string of the molecule is COc1cc(-c2c(C#N)c(N)[nH]c(=O)c2C#N)ccc1OC(F)F. The summed E-state index contributed by atoms with van der Waals surface area (Å²) in [6.45, 7) is -3.05. The van der Waals surface area contributed by atoms with E-state index in [0.717, 1.165) is 0 Å². The fraction of sp³-hybridized carbons (Fsp3) is 0.133. The van der Waals surface area contributed by atoms with Gasteiger partial charge in [0.2, 0.25) is 0 Å². The molecule has 9 heteroatoms. The highest BCUT2D eigenvalue weighted by Gasteiger charge is 2.20. The third-order valence-electron chi connectivity index (χ3n) is 3.14. The molecule has 3 N–H and O–H groups in total. The van der Waals surface area contributed by atoms with E-state index in [9.17, 15) is 24.1 Å². The largest absolute Gasteiger partial charge is 0.493 e. The van der Waals surface area contributed by atoms with Gasteiger partial charge in [0.1, 0.15) is 29.1 Å². The second kappa shape index (κ2) is 6.67. The van der Waals surface area contributed by atoms with Gasteiger partial charge in [-0.2, -0.15) is 19.3 Å². The van der Waals surface area contributed by atoms with Crippen molar-refractivity contribution in [1.29, 1.82) is 10.5 Å². The van der Waals surface area contributed by atoms with Crippen LogP contribution in [0.15, 0.2) is 23.0 Å². The summed E-state index contributed by atoms with van der Waals surface area (Å²) in [5, 5.41) is 18.5. The van der Waals surface area contributed by atoms with Gasteiger partial charge in [-0.15, -0.1) is 0 Å². The summed E-state index contributed by atoms with van der Waals surface area (Å²) in [4.78, 5) is 14.1. The molecular formula is C15H10F2N4O3. The molecule has 2 aromatic rings. The highest BCUT2D eigenvalue weighted by molar-refractivity contribution is 5.81. The zero-order chi connectivity index (χ0) is 17.9. The minimum absolute atomic E-state index is 0.0110. The molecule has 0 saturated carbocycles. The van der Waals surface area contributed by atoms with Gasteiger partial charge in [-0.1, -0.05) is 6.07 Å². The number of hydrogen-bond donors (Lipinski definition) is 2. The number of benzene rings is 1. The lowest BCUT2D eigenvalue weighted by molar-refractivity contribution is -0.0512. The maximum absolute atomic E-state index is 12.4. The number of rotatable bonds is 4. The molecule has 0 aliphatic heterocycles. The van der Waals surface area contributed by atoms with Crippen molar-refractivity contribution in [1.82, 2.24) is 4.98 Å². The van der Waals surface area contributed by atoms with Crippen LogP contribution in [0, 0.1) is 22.7 Å². The topological polar surface area (TPSA) is 125 Å². The predicted octanol–water partition coefficient (Wildman–Crippen LogP) is 1.98. The Hall–Kier alpha value is -3.59. The lowest BCUT2D eigenvalue weighted by Gasteiger charge is -2.13. The first kappa shape index (κ1) is 16.8. The van der Waals surface area contributed by atoms with Crippen LogP contribution in [0.1, 0.15) is 11.1 Å². The van der Waals surface area contributed by atoms with Gasteiger partial charge in [-0.05, 0) is 17.7 Å². The number of methoxy groups -OCH3 is 1. The number of aromatic amines is 1. The number of nitrogen functional groups attached to an aromatic ring is 1. The highest BCUT2D eigenvalue weighted by atomic mass is 19.3. The number of hydrogen-bond acceptors (Lipinski definition) is 6. The van der Waals surface area contributed by atoms with Crippen LogP contribution in [0.3, 0.4) is 0 Å². The molecule has 0 amide bonds. The molecule has 1 aromatic carbocycles. The zero-order valence-corrected chi connectivity index (χ0v) is 12.3. The second-order valence-corrected chi connectivity index (χ2v) is 4.46. The number of nitrogens with two attached hydrogens (primary N) is 1. The maximum Gasteiger partial charge on any atom is 0.387 e. The summed E-state index contributed by atoms with van der Waals surface area (Å²) in [5.41, 5.74) is 4.62. The third kappa shape index (κ3) is 2.96. The molecule has 0 aliphatic carbocycles. The predicted molar refractivity (Wildman–Crippen MR) is 79.5 cm³/mol. The maximum atomic E-state index is 12.4. The summed E-state index contributed by atoms with van der Waals surface area (Å²) in [5.74, 6) is -0.492. The van der Waals surface area contributed by atoms with Gasteiger partial charge in [-0.3, -0.25) is 4.79 Å². The van der Waals surface area contributed by atoms with E-state index in [4.69, 9.17) is 10.5 Å². The number of halogens is 2. The highest BCUT2D eigenvalue weighted by Crippen LogP contribution is 2.36. The first-order valence-electron chi connectivity index (χ1n) is 6.42. The van der Waals surface area contributed by atoms with Crippen molar-refractivity contribution < 1.29 is 18.3 Å². The Morgan fingerprint density at radius 2 is 1.88 bits per heavy atom. The second-order valence-electron chi connectivity index (χ2n) is 4.46. The third-order valence-corrected chi connectivity index (χ3v) is 3.14. The van der Waals surface area contributed by atoms with E-state index in [1.165, 1.54) is 25.3 Å². The van der Waals surface area contributed by atoms with Gasteiger partial charge < -0.3 is 20.2 Å². The Morgan fingerprint density at radius 1 is 1.21 bits per heavy atom. The normalized spacial score (nSPS) is 10.1. The summed E-state index contributed by atoms with van der Waals surface area (Å²) in [7, 11) is 1.24. The Morgan fingerprint density at radius 3 is 2.42 bits per heavy atom. The summed E-state index contributed by atoms with van der Waals surface area (Å²) in [6.07, 6.45) is 0. The minimum Gasteiger partial charge on any atom is -0.493 e. The molecule has 0 spiro atoms. The molecule has 7 nitrogen and oxygen atoms in total. The van der Waals surface area contributed by atoms with E-state index in [2.05, 4.69) is 9.72 Å². The van der Waals surface area contributed by atoms with Gasteiger partial charge in [0.15, 0.2) is 11.5 Å². The minimum atomic E-state index is -3.05. The average molecular weight is 332 g/mol. The van der Waals surface area contributed by atoms with Gasteiger partial charge in [-0.25, -0.2) is 0 Å². The van der Waals surface area contributed by atoms with Crippen molar-refractivity contribution in [3.05, 3.63) is 39.7 Å². The Balaban J connectivity index is 2.76. The quantitative estimate of drug-likeness (QED) is 0.882. The summed E-state index contributed by atoms with van der Waals surface area (Å²) in [6, 6.07) is 7.28. The first-order valence-corrected chi connectivity index (χ1v) is 6.42. The number of alkyl halides is 2. The average Bonchev–Trinajstić information content (AvgIpc) is 2.54. The number of aromatic nitrogens is 1. The van der Waals surface area contributed by atoms with Crippen LogP contribution < -0.4 is 20.8 Å². The molecule has 0 bridgehead atoms. The molecule has 0 fully saturated rings. The van der Waals surface area contributed by atoms with Gasteiger partial charge in [0.05, 0.1) is 7.11 Å². The van der Waals surface area contributed by atoms with Crippen LogP contribution in [-0.2, 0) is 0 Å². The molecule has 0 unspecified atom stereocenters. The monoisotopic (exact) mass is 332 g/mol. The lowest BCUT2D eigenvalue weighted by Crippen LogP contribution is -2.16. The first-order chi connectivity index (χ1) is 11.4. The molecule has 24 heavy (non-hydrogen) atoms. The molecule has 2 rings (SSSR count). The van der Waals surface area contributed by atoms with Gasteiger partial charge in [0.25, 0.3) is 5.56 Å². The standard InChI is InChI=1S/C15H10F2N4O3/c1-23-11-4-7(2-3-10(11)24-15(16)17)12-8(5-18)13(20)21-14(22)9(12)6-19/h2-4,15H,1H3,(H3,20,21,22). The molecule has 0 atom stereocenters. The summed E-state index contributed by atoms with van der Waals surface area (Å²) < 4.78 is 34.0. The fourth-order valence-corrected chi connectivity index (χ4v) is 2.15. The molecule has 1 aromatic heterocycles. The molecule has 0 saturated heterocycles. The zero-order valence-electron chi connectivity index (χ0n) is 12.3. The van der Waals surface area contributed by atoms with Crippen LogP contribution in [0.5, 0.6) is 11.5 Å². The van der Waals surface area contributed by atoms with Gasteiger partial charge in [0, 0.05) is 5.56 Å². The van der Waals surface area contributed by atoms with Crippen LogP contribution in [0.2, 0.25) is 0 Å². The van der Waals surface area contributed by atoms with Crippen molar-refractivity contribution >= 4 is 5.82 Å². The van der Waals surface area contributed by atoms with Gasteiger partial charge >= 0.3 is 6.61 Å². The number of nitrogens with one attached hydrogen (secondary N) is 1. The van der Waals surface area contributed by atoms with E-state index in [0.29, 0.717) is 0 Å². The van der Waals surface area contributed by atoms with E-state index in [-0.39, 0.29) is 39.6 Å². The Bertz CT molecular complexity index is 926. The number of pyridine rings is 1. The van der Waals surface area contributed by atoms with Crippen LogP contribution >= 0.6 is 0 Å². The molecule has 122 valence electrons. The molecular weight excluding hydrogens is 322 g/mol. The van der Waals surface area contributed by atoms with E-state index >= 15 is 0 Å². The molecule has 0 radical (unpaired) electrons. The van der Waals surface area contributed by atoms with Crippen molar-refractivity contribution in [3.8, 4) is 34.8 Å². The van der Waals surface area contributed by atoms with E-state index < -0.39 is 12.2 Å². The lowest BCUT2D eigenvalue weighted by atomic mass is 9.96. The Labute approximate surface area is 134 Å². The van der Waals surface area contributed by atoms with Crippen molar-refractivity contribution in [2.75, 3.05) is 12.8 Å². The molecule has 0 aliphatic rings. The van der Waals surface area contributed by atoms with E-state index in [1.807, 2.05) is 6.07 Å². The molecule has 1 heterocycles. The summed E-state index contributed by atoms with van der Waals surface area (Å²) >= 11 is 0. The van der Waals surface area contributed by atoms with Crippen LogP contribution in [-0.4, -0.2) is 18.7 Å². The Kier molecular flexibility index (Phi) is 4.66. The van der Waals surface area contributed by atoms with Crippen LogP contribution in [0.4, 0.5) is 14.6 Å². The van der Waals surface area contributed by atoms with E-state index in [1.54, 1.807) is 6.07 Å². The van der Waals surface area contributed by atoms with Crippen LogP contribution in [0.25, 0.3) is 11.1 Å². The fourth-order valence-electron chi connectivity index (χ4n) is 2.15. The number of ether oxygens (including phenoxy) is 2. The smallest absolute Gasteiger partial charge is 0.387 e. The van der Waals surface area contributed by atoms with Crippen molar-refractivity contribution in [2.45, 2.75) is 6.61 Å². The van der Waals surface area contributed by atoms with Crippen molar-refractivity contribution in [2.24, 2.45) is 0 Å². The number of H-pyrrole nitrogens is 1. The number of anilines is 1.